The number of hydrogen-bond donors (Lipinski definition) is 2. The Labute approximate surface area is 93.3 Å². The zero-order valence-electron chi connectivity index (χ0n) is 8.84. The van der Waals surface area contributed by atoms with Crippen LogP contribution in [0.2, 0.25) is 0 Å². The molecule has 82 valence electrons. The molecule has 0 saturated heterocycles. The van der Waals surface area contributed by atoms with E-state index >= 15 is 0 Å². The number of nitrogens with zero attached hydrogens (tertiary/aromatic N) is 1. The van der Waals surface area contributed by atoms with Crippen molar-refractivity contribution in [3.63, 3.8) is 0 Å². The minimum atomic E-state index is 0.0178. The lowest BCUT2D eigenvalue weighted by Gasteiger charge is -2.10. The van der Waals surface area contributed by atoms with Gasteiger partial charge in [-0.05, 0) is 25.1 Å². The van der Waals surface area contributed by atoms with Gasteiger partial charge >= 0.3 is 0 Å². The van der Waals surface area contributed by atoms with Gasteiger partial charge in [0.2, 0.25) is 0 Å². The highest BCUT2D eigenvalue weighted by molar-refractivity contribution is 5.62. The predicted octanol–water partition coefficient (Wildman–Crippen LogP) is 2.47. The summed E-state index contributed by atoms with van der Waals surface area (Å²) in [5, 5.41) is 9.43. The van der Waals surface area contributed by atoms with Crippen LogP contribution in [0.4, 0.5) is 5.69 Å². The lowest BCUT2D eigenvalue weighted by molar-refractivity contribution is 0.458. The molecular weight excluding hydrogens is 204 g/mol. The molecule has 16 heavy (non-hydrogen) atoms. The molecule has 0 unspecified atom stereocenters. The molecule has 0 aliphatic heterocycles. The standard InChI is InChI=1S/C12H12N2O2/c1-8-7-14-6-5-10(8)16-11-4-2-3-9(15)12(11)13/h2-7,15H,13H2,1H3. The van der Waals surface area contributed by atoms with Crippen LogP contribution in [0.1, 0.15) is 5.56 Å². The normalized spacial score (nSPS) is 10.1. The Morgan fingerprint density at radius 1 is 1.25 bits per heavy atom. The smallest absolute Gasteiger partial charge is 0.154 e. The SMILES string of the molecule is Cc1cnccc1Oc1cccc(O)c1N. The van der Waals surface area contributed by atoms with Gasteiger partial charge in [0.1, 0.15) is 17.2 Å². The van der Waals surface area contributed by atoms with E-state index in [9.17, 15) is 5.11 Å². The van der Waals surface area contributed by atoms with Gasteiger partial charge in [0.05, 0.1) is 0 Å². The molecular formula is C12H12N2O2. The lowest BCUT2D eigenvalue weighted by Crippen LogP contribution is -1.93. The summed E-state index contributed by atoms with van der Waals surface area (Å²) in [6.07, 6.45) is 3.34. The molecule has 0 atom stereocenters. The third-order valence-electron chi connectivity index (χ3n) is 2.23. The number of phenolic OH excluding ortho intramolecular Hbond substituents is 1. The fourth-order valence-corrected chi connectivity index (χ4v) is 1.32. The Bertz CT molecular complexity index is 512. The van der Waals surface area contributed by atoms with Crippen molar-refractivity contribution in [3.8, 4) is 17.2 Å². The molecule has 4 nitrogen and oxygen atoms in total. The summed E-state index contributed by atoms with van der Waals surface area (Å²) < 4.78 is 5.60. The Morgan fingerprint density at radius 2 is 2.06 bits per heavy atom. The van der Waals surface area contributed by atoms with Gasteiger partial charge in [-0.25, -0.2) is 0 Å². The third-order valence-corrected chi connectivity index (χ3v) is 2.23. The van der Waals surface area contributed by atoms with Crippen molar-refractivity contribution in [1.29, 1.82) is 0 Å². The van der Waals surface area contributed by atoms with E-state index in [1.54, 1.807) is 30.6 Å². The molecule has 0 spiro atoms. The first kappa shape index (κ1) is 10.3. The Morgan fingerprint density at radius 3 is 2.81 bits per heavy atom. The van der Waals surface area contributed by atoms with E-state index in [2.05, 4.69) is 4.98 Å². The molecule has 0 amide bonds. The van der Waals surface area contributed by atoms with Crippen LogP contribution in [0.5, 0.6) is 17.2 Å². The summed E-state index contributed by atoms with van der Waals surface area (Å²) >= 11 is 0. The quantitative estimate of drug-likeness (QED) is 0.597. The predicted molar refractivity (Wildman–Crippen MR) is 61.6 cm³/mol. The van der Waals surface area contributed by atoms with Crippen molar-refractivity contribution in [3.05, 3.63) is 42.2 Å². The Balaban J connectivity index is 2.35. The van der Waals surface area contributed by atoms with Gasteiger partial charge in [-0.3, -0.25) is 4.98 Å². The molecule has 2 rings (SSSR count). The Kier molecular flexibility index (Phi) is 2.64. The molecule has 2 aromatic rings. The van der Waals surface area contributed by atoms with Crippen LogP contribution in [0.25, 0.3) is 0 Å². The van der Waals surface area contributed by atoms with E-state index in [4.69, 9.17) is 10.5 Å². The molecule has 1 heterocycles. The van der Waals surface area contributed by atoms with Crippen molar-refractivity contribution in [2.75, 3.05) is 5.73 Å². The number of para-hydroxylation sites is 1. The number of pyridine rings is 1. The fourth-order valence-electron chi connectivity index (χ4n) is 1.32. The van der Waals surface area contributed by atoms with Crippen LogP contribution in [0, 0.1) is 6.92 Å². The van der Waals surface area contributed by atoms with E-state index in [1.807, 2.05) is 6.92 Å². The zero-order valence-corrected chi connectivity index (χ0v) is 8.84. The summed E-state index contributed by atoms with van der Waals surface area (Å²) in [7, 11) is 0. The molecule has 0 fully saturated rings. The van der Waals surface area contributed by atoms with Gasteiger partial charge in [-0.1, -0.05) is 6.07 Å². The second-order valence-corrected chi connectivity index (χ2v) is 3.43. The van der Waals surface area contributed by atoms with Gasteiger partial charge < -0.3 is 15.6 Å². The van der Waals surface area contributed by atoms with Crippen LogP contribution in [0.3, 0.4) is 0 Å². The minimum Gasteiger partial charge on any atom is -0.506 e. The molecule has 4 heteroatoms. The number of hydrogen-bond acceptors (Lipinski definition) is 4. The second-order valence-electron chi connectivity index (χ2n) is 3.43. The number of phenols is 1. The van der Waals surface area contributed by atoms with Gasteiger partial charge in [-0.15, -0.1) is 0 Å². The van der Waals surface area contributed by atoms with Crippen LogP contribution >= 0.6 is 0 Å². The first-order valence-corrected chi connectivity index (χ1v) is 4.84. The van der Waals surface area contributed by atoms with E-state index in [1.165, 1.54) is 6.07 Å². The summed E-state index contributed by atoms with van der Waals surface area (Å²) in [5.74, 6) is 1.13. The van der Waals surface area contributed by atoms with Crippen molar-refractivity contribution < 1.29 is 9.84 Å². The van der Waals surface area contributed by atoms with Crippen LogP contribution in [0.15, 0.2) is 36.7 Å². The maximum atomic E-state index is 9.43. The lowest BCUT2D eigenvalue weighted by atomic mass is 10.2. The monoisotopic (exact) mass is 216 g/mol. The topological polar surface area (TPSA) is 68.4 Å². The highest BCUT2D eigenvalue weighted by Gasteiger charge is 2.07. The van der Waals surface area contributed by atoms with E-state index in [-0.39, 0.29) is 11.4 Å². The number of aromatic nitrogens is 1. The number of nitrogens with two attached hydrogens (primary N) is 1. The summed E-state index contributed by atoms with van der Waals surface area (Å²) in [4.78, 5) is 3.97. The number of aryl methyl sites for hydroxylation is 1. The molecule has 0 aliphatic rings. The first-order valence-electron chi connectivity index (χ1n) is 4.84. The maximum Gasteiger partial charge on any atom is 0.154 e. The number of aromatic hydroxyl groups is 1. The fraction of sp³-hybridized carbons (Fsp3) is 0.0833. The molecule has 0 aliphatic carbocycles. The highest BCUT2D eigenvalue weighted by atomic mass is 16.5. The van der Waals surface area contributed by atoms with Gasteiger partial charge in [0.15, 0.2) is 5.75 Å². The third kappa shape index (κ3) is 1.91. The van der Waals surface area contributed by atoms with Crippen LogP contribution < -0.4 is 10.5 Å². The molecule has 3 N–H and O–H groups in total. The van der Waals surface area contributed by atoms with Crippen molar-refractivity contribution >= 4 is 5.69 Å². The van der Waals surface area contributed by atoms with Gasteiger partial charge in [0.25, 0.3) is 0 Å². The van der Waals surface area contributed by atoms with E-state index < -0.39 is 0 Å². The average molecular weight is 216 g/mol. The molecule has 1 aromatic heterocycles. The number of ether oxygens (including phenoxy) is 1. The van der Waals surface area contributed by atoms with Crippen LogP contribution in [-0.2, 0) is 0 Å². The maximum absolute atomic E-state index is 9.43. The summed E-state index contributed by atoms with van der Waals surface area (Å²) in [6.45, 7) is 1.89. The Hall–Kier alpha value is -2.23. The number of nitrogen functional groups attached to an aromatic ring is 1. The van der Waals surface area contributed by atoms with Crippen molar-refractivity contribution in [1.82, 2.24) is 4.98 Å². The van der Waals surface area contributed by atoms with Gasteiger partial charge in [0, 0.05) is 18.0 Å². The van der Waals surface area contributed by atoms with Gasteiger partial charge in [-0.2, -0.15) is 0 Å². The number of anilines is 1. The zero-order chi connectivity index (χ0) is 11.5. The number of benzene rings is 1. The molecule has 0 radical (unpaired) electrons. The molecule has 1 aromatic carbocycles. The summed E-state index contributed by atoms with van der Waals surface area (Å²) in [6, 6.07) is 6.65. The van der Waals surface area contributed by atoms with Crippen molar-refractivity contribution in [2.45, 2.75) is 6.92 Å². The largest absolute Gasteiger partial charge is 0.506 e. The molecule has 0 saturated carbocycles. The van der Waals surface area contributed by atoms with E-state index in [0.717, 1.165) is 5.56 Å². The summed E-state index contributed by atoms with van der Waals surface area (Å²) in [5.41, 5.74) is 6.83. The number of rotatable bonds is 2. The first-order chi connectivity index (χ1) is 7.68. The highest BCUT2D eigenvalue weighted by Crippen LogP contribution is 2.34. The van der Waals surface area contributed by atoms with Crippen LogP contribution in [-0.4, -0.2) is 10.1 Å². The second kappa shape index (κ2) is 4.10. The average Bonchev–Trinajstić information content (AvgIpc) is 2.28. The van der Waals surface area contributed by atoms with E-state index in [0.29, 0.717) is 11.5 Å². The minimum absolute atomic E-state index is 0.0178. The molecule has 0 bridgehead atoms. The van der Waals surface area contributed by atoms with Crippen molar-refractivity contribution in [2.24, 2.45) is 0 Å².